The second-order valence-corrected chi connectivity index (χ2v) is 13.9. The number of halogens is 1. The van der Waals surface area contributed by atoms with Gasteiger partial charge in [0.2, 0.25) is 5.91 Å². The molecule has 5 rings (SSSR count). The number of aliphatic hydroxyl groups is 2. The molecule has 0 aliphatic carbocycles. The van der Waals surface area contributed by atoms with Crippen LogP contribution >= 0.6 is 0 Å². The van der Waals surface area contributed by atoms with Crippen molar-refractivity contribution in [1.29, 1.82) is 0 Å². The minimum atomic E-state index is -1.16. The van der Waals surface area contributed by atoms with E-state index in [1.807, 2.05) is 26.0 Å². The van der Waals surface area contributed by atoms with Gasteiger partial charge in [0.15, 0.2) is 6.23 Å². The average Bonchev–Trinajstić information content (AvgIpc) is 3.79. The summed E-state index contributed by atoms with van der Waals surface area (Å²) >= 11 is 0. The van der Waals surface area contributed by atoms with Crippen molar-refractivity contribution < 1.29 is 57.6 Å². The molecular weight excluding hydrogens is 667 g/mol. The number of benzene rings is 1. The van der Waals surface area contributed by atoms with Crippen LogP contribution in [0.25, 0.3) is 0 Å². The van der Waals surface area contributed by atoms with Crippen LogP contribution in [-0.4, -0.2) is 100 Å². The monoisotopic (exact) mass is 714 g/mol. The van der Waals surface area contributed by atoms with Crippen molar-refractivity contribution in [2.24, 2.45) is 5.92 Å². The molecule has 13 nitrogen and oxygen atoms in total. The van der Waals surface area contributed by atoms with Crippen LogP contribution in [0.3, 0.4) is 0 Å². The highest BCUT2D eigenvalue weighted by Gasteiger charge is 2.58. The summed E-state index contributed by atoms with van der Waals surface area (Å²) in [4.78, 5) is 54.4. The number of aliphatic hydroxyl groups excluding tert-OH is 2. The summed E-state index contributed by atoms with van der Waals surface area (Å²) in [7, 11) is 0. The summed E-state index contributed by atoms with van der Waals surface area (Å²) in [6, 6.07) is 4.79. The zero-order valence-corrected chi connectivity index (χ0v) is 29.2. The molecule has 4 saturated heterocycles. The number of esters is 1. The van der Waals surface area contributed by atoms with Gasteiger partial charge in [-0.25, -0.2) is 14.0 Å². The third-order valence-corrected chi connectivity index (χ3v) is 9.67. The first-order valence-electron chi connectivity index (χ1n) is 17.4. The second kappa shape index (κ2) is 16.6. The predicted molar refractivity (Wildman–Crippen MR) is 179 cm³/mol. The van der Waals surface area contributed by atoms with Crippen LogP contribution in [0.2, 0.25) is 0 Å². The van der Waals surface area contributed by atoms with Crippen LogP contribution in [0.4, 0.5) is 4.39 Å². The van der Waals surface area contributed by atoms with Gasteiger partial charge >= 0.3 is 11.9 Å². The molecule has 14 heteroatoms. The number of amides is 2. The Morgan fingerprint density at radius 1 is 1.16 bits per heavy atom. The minimum absolute atomic E-state index is 0.0889. The first-order valence-corrected chi connectivity index (χ1v) is 17.4. The molecule has 1 aromatic carbocycles. The Morgan fingerprint density at radius 2 is 1.88 bits per heavy atom. The molecule has 4 fully saturated rings. The molecule has 1 aromatic rings. The maximum absolute atomic E-state index is 13.1. The van der Waals surface area contributed by atoms with Gasteiger partial charge in [-0.05, 0) is 69.9 Å². The molecule has 51 heavy (non-hydrogen) atoms. The number of ether oxygens (including phenoxy) is 4. The lowest BCUT2D eigenvalue weighted by Crippen LogP contribution is -2.50. The fourth-order valence-corrected chi connectivity index (χ4v) is 6.54. The number of hydrogen-bond acceptors (Lipinski definition) is 11. The SMILES string of the molecule is CC(/C=C/[C@H]1O[C@H](CC(=O)ON2C(=O)CCC2O)C[C@@]2(CO2)[C@@H]1O)=C\C[C@@H]1O[C@H](C)[C@H](NC(=O)/C=C\C(C)OC(=O)c2ccc(F)cc2)C[C@@H]1C. The summed E-state index contributed by atoms with van der Waals surface area (Å²) in [6.45, 7) is 7.86. The minimum Gasteiger partial charge on any atom is -0.455 e. The van der Waals surface area contributed by atoms with E-state index in [-0.39, 0.29) is 54.9 Å². The fraction of sp³-hybridized carbons (Fsp3) is 0.568. The topological polar surface area (TPSA) is 173 Å². The molecule has 0 saturated carbocycles. The zero-order valence-electron chi connectivity index (χ0n) is 29.2. The molecular formula is C37H47FN2O11. The van der Waals surface area contributed by atoms with Crippen molar-refractivity contribution in [1.82, 2.24) is 10.4 Å². The molecule has 0 radical (unpaired) electrons. The van der Waals surface area contributed by atoms with E-state index in [0.717, 1.165) is 5.57 Å². The van der Waals surface area contributed by atoms with Crippen molar-refractivity contribution >= 4 is 23.8 Å². The van der Waals surface area contributed by atoms with Gasteiger partial charge < -0.3 is 39.3 Å². The lowest BCUT2D eigenvalue weighted by Gasteiger charge is -2.39. The van der Waals surface area contributed by atoms with Gasteiger partial charge in [0.1, 0.15) is 29.7 Å². The highest BCUT2D eigenvalue weighted by atomic mass is 19.1. The molecule has 0 aromatic heterocycles. The van der Waals surface area contributed by atoms with Gasteiger partial charge in [-0.3, -0.25) is 9.59 Å². The summed E-state index contributed by atoms with van der Waals surface area (Å²) in [5, 5.41) is 24.5. The lowest BCUT2D eigenvalue weighted by atomic mass is 9.87. The fourth-order valence-electron chi connectivity index (χ4n) is 6.54. The van der Waals surface area contributed by atoms with E-state index in [9.17, 15) is 33.8 Å². The highest BCUT2D eigenvalue weighted by Crippen LogP contribution is 2.43. The highest BCUT2D eigenvalue weighted by molar-refractivity contribution is 5.90. The van der Waals surface area contributed by atoms with Crippen LogP contribution < -0.4 is 5.32 Å². The van der Waals surface area contributed by atoms with Crippen molar-refractivity contribution in [3.63, 3.8) is 0 Å². The summed E-state index contributed by atoms with van der Waals surface area (Å²) in [6.07, 6.45) is 5.68. The molecule has 1 spiro atoms. The van der Waals surface area contributed by atoms with Gasteiger partial charge in [-0.2, -0.15) is 0 Å². The Morgan fingerprint density at radius 3 is 2.55 bits per heavy atom. The molecule has 2 unspecified atom stereocenters. The van der Waals surface area contributed by atoms with E-state index in [2.05, 4.69) is 12.2 Å². The van der Waals surface area contributed by atoms with E-state index >= 15 is 0 Å². The van der Waals surface area contributed by atoms with Crippen molar-refractivity contribution in [3.05, 3.63) is 71.6 Å². The van der Waals surface area contributed by atoms with Gasteiger partial charge in [-0.15, -0.1) is 5.06 Å². The van der Waals surface area contributed by atoms with E-state index in [4.69, 9.17) is 23.8 Å². The molecule has 4 aliphatic heterocycles. The number of epoxide rings is 1. The zero-order chi connectivity index (χ0) is 36.9. The Hall–Kier alpha value is -3.95. The quantitative estimate of drug-likeness (QED) is 0.126. The van der Waals surface area contributed by atoms with Crippen LogP contribution in [0, 0.1) is 11.7 Å². The smallest absolute Gasteiger partial charge is 0.338 e. The molecule has 0 bridgehead atoms. The number of carbonyl (C=O) groups is 4. The third kappa shape index (κ3) is 10.1. The Balaban J connectivity index is 1.07. The van der Waals surface area contributed by atoms with Crippen molar-refractivity contribution in [2.75, 3.05) is 6.61 Å². The average molecular weight is 715 g/mol. The summed E-state index contributed by atoms with van der Waals surface area (Å²) < 4.78 is 36.3. The van der Waals surface area contributed by atoms with E-state index in [0.29, 0.717) is 30.9 Å². The predicted octanol–water partition coefficient (Wildman–Crippen LogP) is 3.19. The Bertz CT molecular complexity index is 1520. The number of allylic oxidation sites excluding steroid dienone is 2. The maximum Gasteiger partial charge on any atom is 0.338 e. The van der Waals surface area contributed by atoms with Crippen molar-refractivity contribution in [3.8, 4) is 0 Å². The van der Waals surface area contributed by atoms with Crippen molar-refractivity contribution in [2.45, 2.75) is 121 Å². The van der Waals surface area contributed by atoms with Crippen LogP contribution in [-0.2, 0) is 38.2 Å². The van der Waals surface area contributed by atoms with Crippen LogP contribution in [0.15, 0.2) is 60.2 Å². The normalized spacial score (nSPS) is 33.1. The number of carbonyl (C=O) groups excluding carboxylic acids is 4. The van der Waals surface area contributed by atoms with Crippen LogP contribution in [0.1, 0.15) is 76.6 Å². The van der Waals surface area contributed by atoms with Gasteiger partial charge in [0, 0.05) is 25.3 Å². The Kier molecular flexibility index (Phi) is 12.5. The molecule has 3 N–H and O–H groups in total. The van der Waals surface area contributed by atoms with E-state index < -0.39 is 59.9 Å². The van der Waals surface area contributed by atoms with Gasteiger partial charge in [0.25, 0.3) is 5.91 Å². The lowest BCUT2D eigenvalue weighted by molar-refractivity contribution is -0.224. The molecule has 10 atom stereocenters. The second-order valence-electron chi connectivity index (χ2n) is 13.9. The van der Waals surface area contributed by atoms with Crippen LogP contribution in [0.5, 0.6) is 0 Å². The molecule has 4 aliphatic rings. The molecule has 2 amide bonds. The number of hydroxylamine groups is 2. The summed E-state index contributed by atoms with van der Waals surface area (Å²) in [5.74, 6) is -2.46. The molecule has 4 heterocycles. The first-order chi connectivity index (χ1) is 24.2. The third-order valence-electron chi connectivity index (χ3n) is 9.67. The first kappa shape index (κ1) is 38.3. The Labute approximate surface area is 296 Å². The van der Waals surface area contributed by atoms with E-state index in [1.54, 1.807) is 13.0 Å². The van der Waals surface area contributed by atoms with Gasteiger partial charge in [-0.1, -0.05) is 30.7 Å². The van der Waals surface area contributed by atoms with E-state index in [1.165, 1.54) is 36.4 Å². The maximum atomic E-state index is 13.1. The number of nitrogens with zero attached hydrogens (tertiary/aromatic N) is 1. The summed E-state index contributed by atoms with van der Waals surface area (Å²) in [5.41, 5.74) is 0.319. The number of rotatable bonds is 12. The molecule has 278 valence electrons. The largest absolute Gasteiger partial charge is 0.455 e. The number of hydrogen-bond donors (Lipinski definition) is 3. The van der Waals surface area contributed by atoms with Gasteiger partial charge in [0.05, 0.1) is 42.9 Å². The standard InChI is InChI=1S/C37H47FN2O11/c1-21(6-13-30-35(45)37(20-47-37)19-27(50-30)18-34(44)51-40-32(42)15-16-33(40)43)5-12-29-22(2)17-28(24(4)49-29)39-31(41)14-7-23(3)48-36(46)25-8-10-26(38)11-9-25/h5-11,13-14,22-24,27-30,32,35,42,45H,12,15-20H2,1-4H3,(H,39,41)/b13-6+,14-7-,21-5+/t22-,23?,24+,27+,28+,29-,30+,32?,35+,37+/m0/s1. The number of nitrogens with one attached hydrogen (secondary N) is 1.